The van der Waals surface area contributed by atoms with Crippen LogP contribution in [-0.2, 0) is 28.2 Å². The molecule has 0 atom stereocenters. The van der Waals surface area contributed by atoms with Crippen molar-refractivity contribution < 1.29 is 37.0 Å². The summed E-state index contributed by atoms with van der Waals surface area (Å²) < 4.78 is 52.3. The molecule has 1 aromatic carbocycles. The molecular weight excluding hydrogens is 462 g/mol. The monoisotopic (exact) mass is 487 g/mol. The number of carbonyl (C=O) groups is 2. The smallest absolute Gasteiger partial charge is 0.475 e. The number of carbonyl (C=O) groups excluding carboxylic acids is 1. The van der Waals surface area contributed by atoms with Gasteiger partial charge in [0.05, 0.1) is 19.2 Å². The van der Waals surface area contributed by atoms with Gasteiger partial charge in [-0.2, -0.15) is 13.2 Å². The molecule has 34 heavy (non-hydrogen) atoms. The van der Waals surface area contributed by atoms with Gasteiger partial charge in [0.25, 0.3) is 0 Å². The van der Waals surface area contributed by atoms with Gasteiger partial charge in [-0.05, 0) is 37.5 Å². The average molecular weight is 487 g/mol. The van der Waals surface area contributed by atoms with E-state index in [1.54, 1.807) is 17.0 Å². The number of nitrogens with zero attached hydrogens (tertiary/aromatic N) is 5. The Bertz CT molecular complexity index is 1030. The molecule has 1 aromatic heterocycles. The van der Waals surface area contributed by atoms with Gasteiger partial charge in [0, 0.05) is 26.2 Å². The molecule has 0 unspecified atom stereocenters. The number of hydrogen-bond donors (Lipinski definition) is 1. The van der Waals surface area contributed by atoms with Crippen molar-refractivity contribution in [1.82, 2.24) is 24.6 Å². The van der Waals surface area contributed by atoms with Crippen LogP contribution in [0.5, 0.6) is 0 Å². The van der Waals surface area contributed by atoms with Gasteiger partial charge in [-0.15, -0.1) is 10.2 Å². The molecule has 2 aromatic rings. The number of piperidine rings is 1. The van der Waals surface area contributed by atoms with Crippen molar-refractivity contribution in [2.45, 2.75) is 44.6 Å². The first-order chi connectivity index (χ1) is 15.9. The average Bonchev–Trinajstić information content (AvgIpc) is 3.16. The summed E-state index contributed by atoms with van der Waals surface area (Å²) in [7, 11) is 1.40. The summed E-state index contributed by atoms with van der Waals surface area (Å²) >= 11 is 0. The number of alkyl halides is 3. The normalized spacial score (nSPS) is 17.5. The topological polar surface area (TPSA) is 101 Å². The minimum atomic E-state index is -5.08. The Morgan fingerprint density at radius 3 is 2.41 bits per heavy atom. The highest BCUT2D eigenvalue weighted by Crippen LogP contribution is 2.37. The van der Waals surface area contributed by atoms with Crippen LogP contribution in [0, 0.1) is 12.7 Å². The van der Waals surface area contributed by atoms with Crippen LogP contribution in [0.3, 0.4) is 0 Å². The molecule has 1 fully saturated rings. The molecule has 2 aliphatic heterocycles. The predicted molar refractivity (Wildman–Crippen MR) is 110 cm³/mol. The van der Waals surface area contributed by atoms with E-state index in [2.05, 4.69) is 19.7 Å². The number of amides is 1. The molecule has 1 saturated heterocycles. The largest absolute Gasteiger partial charge is 0.490 e. The minimum absolute atomic E-state index is 0.202. The fourth-order valence-electron chi connectivity index (χ4n) is 4.44. The Labute approximate surface area is 192 Å². The second-order valence-corrected chi connectivity index (χ2v) is 8.26. The lowest BCUT2D eigenvalue weighted by molar-refractivity contribution is -0.192. The number of fused-ring (bicyclic) bond motifs is 2. The molecule has 1 amide bonds. The molecule has 1 spiro atoms. The van der Waals surface area contributed by atoms with Gasteiger partial charge in [-0.3, -0.25) is 9.80 Å². The zero-order chi connectivity index (χ0) is 25.1. The summed E-state index contributed by atoms with van der Waals surface area (Å²) in [5, 5.41) is 15.6. The van der Waals surface area contributed by atoms with E-state index in [4.69, 9.17) is 14.6 Å². The summed E-state index contributed by atoms with van der Waals surface area (Å²) in [6.45, 7) is 5.43. The molecule has 4 rings (SSSR count). The van der Waals surface area contributed by atoms with E-state index >= 15 is 0 Å². The first kappa shape index (κ1) is 25.4. The van der Waals surface area contributed by atoms with Gasteiger partial charge in [-0.25, -0.2) is 14.0 Å². The lowest BCUT2D eigenvalue weighted by Gasteiger charge is -2.48. The second-order valence-electron chi connectivity index (χ2n) is 8.26. The Kier molecular flexibility index (Phi) is 7.44. The van der Waals surface area contributed by atoms with Crippen LogP contribution >= 0.6 is 0 Å². The van der Waals surface area contributed by atoms with E-state index in [1.807, 2.05) is 13.0 Å². The third-order valence-electron chi connectivity index (χ3n) is 5.94. The molecule has 0 bridgehead atoms. The summed E-state index contributed by atoms with van der Waals surface area (Å²) in [6, 6.07) is 6.76. The van der Waals surface area contributed by atoms with Crippen molar-refractivity contribution in [3.05, 3.63) is 47.3 Å². The van der Waals surface area contributed by atoms with Gasteiger partial charge in [-0.1, -0.05) is 12.1 Å². The maximum Gasteiger partial charge on any atom is 0.490 e. The summed E-state index contributed by atoms with van der Waals surface area (Å²) in [5.41, 5.74) is 0.764. The highest BCUT2D eigenvalue weighted by Gasteiger charge is 2.45. The number of methoxy groups -OCH3 is 1. The Morgan fingerprint density at radius 2 is 1.85 bits per heavy atom. The van der Waals surface area contributed by atoms with Crippen LogP contribution in [0.4, 0.5) is 22.4 Å². The van der Waals surface area contributed by atoms with Crippen LogP contribution in [0.2, 0.25) is 0 Å². The van der Waals surface area contributed by atoms with Gasteiger partial charge < -0.3 is 14.4 Å². The number of halogens is 4. The van der Waals surface area contributed by atoms with Gasteiger partial charge in [0.2, 0.25) is 0 Å². The molecule has 1 N–H and O–H groups in total. The number of aryl methyl sites for hydroxylation is 1. The summed E-state index contributed by atoms with van der Waals surface area (Å²) in [4.78, 5) is 25.1. The number of carboxylic acids is 1. The zero-order valence-corrected chi connectivity index (χ0v) is 18.7. The molecule has 0 radical (unpaired) electrons. The van der Waals surface area contributed by atoms with E-state index in [-0.39, 0.29) is 17.4 Å². The number of likely N-dealkylation sites (tertiary alicyclic amines) is 1. The number of hydrogen-bond acceptors (Lipinski definition) is 6. The van der Waals surface area contributed by atoms with Crippen molar-refractivity contribution in [3.63, 3.8) is 0 Å². The summed E-state index contributed by atoms with van der Waals surface area (Å²) in [5.74, 6) is -1.27. The molecule has 186 valence electrons. The lowest BCUT2D eigenvalue weighted by Crippen LogP contribution is -2.57. The molecule has 0 saturated carbocycles. The van der Waals surface area contributed by atoms with Crippen molar-refractivity contribution in [3.8, 4) is 0 Å². The number of rotatable bonds is 2. The zero-order valence-electron chi connectivity index (χ0n) is 18.7. The van der Waals surface area contributed by atoms with Crippen LogP contribution in [-0.4, -0.2) is 74.7 Å². The van der Waals surface area contributed by atoms with Gasteiger partial charge in [0.1, 0.15) is 11.6 Å². The number of aliphatic carboxylic acids is 1. The Balaban J connectivity index is 0.000000406. The highest BCUT2D eigenvalue weighted by molar-refractivity contribution is 5.73. The van der Waals surface area contributed by atoms with Crippen LogP contribution in [0.25, 0.3) is 0 Å². The first-order valence-electron chi connectivity index (χ1n) is 10.5. The molecule has 2 aliphatic rings. The fraction of sp³-hybridized carbons (Fsp3) is 0.524. The maximum absolute atomic E-state index is 13.4. The number of aromatic nitrogens is 3. The maximum atomic E-state index is 13.4. The molecule has 9 nitrogen and oxygen atoms in total. The second kappa shape index (κ2) is 9.95. The minimum Gasteiger partial charge on any atom is -0.475 e. The third-order valence-corrected chi connectivity index (χ3v) is 5.94. The lowest BCUT2D eigenvalue weighted by atomic mass is 9.84. The standard InChI is InChI=1S/C19H24FN5O2.C2HF3O2/c1-14-21-22-17-12-24(18(26)27-2)13-19(25(14)17)6-8-23(9-7-19)11-15-4-3-5-16(20)10-15;3-2(4,5)1(6)7/h3-5,10H,6-9,11-13H2,1-2H3;(H,6,7). The van der Waals surface area contributed by atoms with Crippen LogP contribution < -0.4 is 0 Å². The first-order valence-corrected chi connectivity index (χ1v) is 10.5. The Morgan fingerprint density at radius 1 is 1.21 bits per heavy atom. The molecule has 3 heterocycles. The van der Waals surface area contributed by atoms with E-state index < -0.39 is 12.1 Å². The van der Waals surface area contributed by atoms with E-state index in [0.29, 0.717) is 13.1 Å². The van der Waals surface area contributed by atoms with Crippen molar-refractivity contribution >= 4 is 12.1 Å². The van der Waals surface area contributed by atoms with E-state index in [1.165, 1.54) is 13.2 Å². The summed E-state index contributed by atoms with van der Waals surface area (Å²) in [6.07, 6.45) is -3.66. The van der Waals surface area contributed by atoms with Gasteiger partial charge in [0.15, 0.2) is 5.82 Å². The predicted octanol–water partition coefficient (Wildman–Crippen LogP) is 2.93. The van der Waals surface area contributed by atoms with E-state index in [9.17, 15) is 22.4 Å². The van der Waals surface area contributed by atoms with Crippen LogP contribution in [0.15, 0.2) is 24.3 Å². The van der Waals surface area contributed by atoms with Crippen molar-refractivity contribution in [2.75, 3.05) is 26.7 Å². The number of ether oxygens (including phenoxy) is 1. The molecular formula is C21H25F4N5O4. The number of carboxylic acid groups (broad SMARTS) is 1. The van der Waals surface area contributed by atoms with Crippen molar-refractivity contribution in [2.24, 2.45) is 0 Å². The SMILES string of the molecule is COC(=O)N1Cc2nnc(C)n2C2(CCN(Cc3cccc(F)c3)CC2)C1.O=C(O)C(F)(F)F. The van der Waals surface area contributed by atoms with Crippen molar-refractivity contribution in [1.29, 1.82) is 0 Å². The van der Waals surface area contributed by atoms with Gasteiger partial charge >= 0.3 is 18.2 Å². The van der Waals surface area contributed by atoms with E-state index in [0.717, 1.165) is 49.7 Å². The Hall–Kier alpha value is -3.22. The quantitative estimate of drug-likeness (QED) is 0.650. The molecule has 0 aliphatic carbocycles. The number of benzene rings is 1. The highest BCUT2D eigenvalue weighted by atomic mass is 19.4. The fourth-order valence-corrected chi connectivity index (χ4v) is 4.44. The third kappa shape index (κ3) is 5.64. The molecule has 13 heteroatoms. The van der Waals surface area contributed by atoms with Crippen LogP contribution in [0.1, 0.15) is 30.1 Å².